The number of aromatic nitrogens is 4. The lowest BCUT2D eigenvalue weighted by Crippen LogP contribution is -2.46. The number of hydrogen-bond donors (Lipinski definition) is 0. The maximum absolute atomic E-state index is 13.0. The Morgan fingerprint density at radius 2 is 1.93 bits per heavy atom. The molecule has 0 bridgehead atoms. The lowest BCUT2D eigenvalue weighted by atomic mass is 9.85. The van der Waals surface area contributed by atoms with Gasteiger partial charge >= 0.3 is 5.69 Å². The molecule has 2 fully saturated rings. The molecule has 0 spiro atoms. The van der Waals surface area contributed by atoms with Gasteiger partial charge in [-0.3, -0.25) is 4.79 Å². The van der Waals surface area contributed by atoms with Crippen molar-refractivity contribution in [3.8, 4) is 5.69 Å². The van der Waals surface area contributed by atoms with Crippen molar-refractivity contribution in [2.75, 3.05) is 20.2 Å². The van der Waals surface area contributed by atoms with Crippen LogP contribution in [-0.2, 0) is 9.53 Å². The van der Waals surface area contributed by atoms with Gasteiger partial charge < -0.3 is 9.64 Å². The van der Waals surface area contributed by atoms with Crippen molar-refractivity contribution < 1.29 is 9.53 Å². The minimum Gasteiger partial charge on any atom is -0.381 e. The molecule has 2 heterocycles. The third-order valence-electron chi connectivity index (χ3n) is 5.97. The van der Waals surface area contributed by atoms with Crippen molar-refractivity contribution in [1.29, 1.82) is 0 Å². The van der Waals surface area contributed by atoms with E-state index in [0.717, 1.165) is 45.1 Å². The molecule has 1 aromatic heterocycles. The minimum absolute atomic E-state index is 0.0224. The average molecular weight is 385 g/mol. The van der Waals surface area contributed by atoms with Crippen LogP contribution in [0.1, 0.15) is 44.6 Å². The van der Waals surface area contributed by atoms with Gasteiger partial charge in [0.2, 0.25) is 5.91 Å². The molecule has 2 aliphatic rings. The number of para-hydroxylation sites is 1. The zero-order valence-electron chi connectivity index (χ0n) is 16.2. The fourth-order valence-electron chi connectivity index (χ4n) is 4.41. The van der Waals surface area contributed by atoms with E-state index in [0.29, 0.717) is 12.2 Å². The molecule has 1 saturated heterocycles. The van der Waals surface area contributed by atoms with E-state index in [4.69, 9.17) is 4.74 Å². The quantitative estimate of drug-likeness (QED) is 0.801. The summed E-state index contributed by atoms with van der Waals surface area (Å²) < 4.78 is 8.22. The molecule has 150 valence electrons. The normalized spacial score (nSPS) is 25.6. The first-order chi connectivity index (χ1) is 13.7. The van der Waals surface area contributed by atoms with Crippen LogP contribution in [0.5, 0.6) is 0 Å². The minimum atomic E-state index is -0.261. The van der Waals surface area contributed by atoms with Gasteiger partial charge in [-0.15, -0.1) is 0 Å². The Morgan fingerprint density at radius 3 is 2.71 bits per heavy atom. The van der Waals surface area contributed by atoms with Gasteiger partial charge in [0.25, 0.3) is 0 Å². The third kappa shape index (κ3) is 3.73. The van der Waals surface area contributed by atoms with Crippen LogP contribution in [0.25, 0.3) is 5.69 Å². The number of carbonyl (C=O) groups is 1. The van der Waals surface area contributed by atoms with E-state index in [9.17, 15) is 9.59 Å². The van der Waals surface area contributed by atoms with E-state index in [1.165, 1.54) is 9.36 Å². The van der Waals surface area contributed by atoms with Crippen LogP contribution in [-0.4, -0.2) is 56.9 Å². The molecule has 28 heavy (non-hydrogen) atoms. The van der Waals surface area contributed by atoms with E-state index in [2.05, 4.69) is 10.4 Å². The van der Waals surface area contributed by atoms with Gasteiger partial charge in [-0.1, -0.05) is 24.6 Å². The highest BCUT2D eigenvalue weighted by atomic mass is 16.5. The Kier molecular flexibility index (Phi) is 5.57. The molecule has 0 N–H and O–H groups in total. The van der Waals surface area contributed by atoms with Crippen molar-refractivity contribution in [2.45, 2.75) is 50.7 Å². The number of methoxy groups -OCH3 is 1. The number of piperidine rings is 1. The van der Waals surface area contributed by atoms with Crippen LogP contribution in [0.2, 0.25) is 0 Å². The number of nitrogens with zero attached hydrogens (tertiary/aromatic N) is 5. The molecule has 2 aromatic rings. The number of ether oxygens (including phenoxy) is 1. The number of carbonyl (C=O) groups excluding carboxylic acids is 1. The van der Waals surface area contributed by atoms with Gasteiger partial charge in [0.15, 0.2) is 0 Å². The fourth-order valence-corrected chi connectivity index (χ4v) is 4.41. The number of hydrogen-bond acceptors (Lipinski definition) is 5. The number of likely N-dealkylation sites (tertiary alicyclic amines) is 1. The molecular formula is C20H27N5O3. The highest BCUT2D eigenvalue weighted by molar-refractivity contribution is 5.79. The lowest BCUT2D eigenvalue weighted by molar-refractivity contribution is -0.140. The smallest absolute Gasteiger partial charge is 0.368 e. The second-order valence-corrected chi connectivity index (χ2v) is 7.75. The highest BCUT2D eigenvalue weighted by Gasteiger charge is 2.34. The molecule has 1 saturated carbocycles. The molecule has 1 amide bonds. The van der Waals surface area contributed by atoms with Crippen LogP contribution in [0, 0.1) is 5.92 Å². The summed E-state index contributed by atoms with van der Waals surface area (Å²) >= 11 is 0. The third-order valence-corrected chi connectivity index (χ3v) is 5.97. The van der Waals surface area contributed by atoms with Crippen LogP contribution >= 0.6 is 0 Å². The number of benzene rings is 1. The van der Waals surface area contributed by atoms with Gasteiger partial charge in [-0.25, -0.2) is 4.79 Å². The van der Waals surface area contributed by atoms with E-state index >= 15 is 0 Å². The Balaban J connectivity index is 1.48. The average Bonchev–Trinajstić information content (AvgIpc) is 3.15. The summed E-state index contributed by atoms with van der Waals surface area (Å²) in [7, 11) is 1.72. The molecule has 1 aliphatic heterocycles. The molecule has 1 aromatic carbocycles. The van der Waals surface area contributed by atoms with Gasteiger partial charge in [0.05, 0.1) is 17.8 Å². The Morgan fingerprint density at radius 1 is 1.11 bits per heavy atom. The Bertz CT molecular complexity index is 862. The standard InChI is InChI=1S/C20H27N5O3/c1-28-18-11-5-7-15(13-18)19(26)23-12-6-10-17(14-23)25-20(27)24(21-22-25)16-8-3-2-4-9-16/h2-4,8-9,15,17-18H,5-7,10-14H2,1H3/t15-,17-,18+/m0/s1. The van der Waals surface area contributed by atoms with Crippen molar-refractivity contribution >= 4 is 5.91 Å². The van der Waals surface area contributed by atoms with Crippen LogP contribution in [0.15, 0.2) is 35.1 Å². The van der Waals surface area contributed by atoms with Crippen molar-refractivity contribution in [1.82, 2.24) is 24.7 Å². The summed E-state index contributed by atoms with van der Waals surface area (Å²) in [6.45, 7) is 1.26. The molecule has 0 unspecified atom stereocenters. The molecule has 3 atom stereocenters. The fraction of sp³-hybridized carbons (Fsp3) is 0.600. The summed E-state index contributed by atoms with van der Waals surface area (Å²) in [6, 6.07) is 9.13. The van der Waals surface area contributed by atoms with Gasteiger partial charge in [-0.05, 0) is 54.7 Å². The van der Waals surface area contributed by atoms with Crippen molar-refractivity contribution in [3.63, 3.8) is 0 Å². The zero-order chi connectivity index (χ0) is 19.5. The second-order valence-electron chi connectivity index (χ2n) is 7.75. The summed E-state index contributed by atoms with van der Waals surface area (Å²) in [5.74, 6) is 0.212. The van der Waals surface area contributed by atoms with E-state index in [-0.39, 0.29) is 29.7 Å². The summed E-state index contributed by atoms with van der Waals surface area (Å²) in [4.78, 5) is 27.8. The Labute approximate surface area is 164 Å². The topological polar surface area (TPSA) is 82.2 Å². The monoisotopic (exact) mass is 385 g/mol. The van der Waals surface area contributed by atoms with Crippen LogP contribution in [0.4, 0.5) is 0 Å². The van der Waals surface area contributed by atoms with Crippen molar-refractivity contribution in [3.05, 3.63) is 40.8 Å². The molecule has 1 aliphatic carbocycles. The van der Waals surface area contributed by atoms with E-state index in [1.807, 2.05) is 35.2 Å². The summed E-state index contributed by atoms with van der Waals surface area (Å²) in [6.07, 6.45) is 5.63. The first-order valence-corrected chi connectivity index (χ1v) is 10.1. The predicted octanol–water partition coefficient (Wildman–Crippen LogP) is 1.80. The lowest BCUT2D eigenvalue weighted by Gasteiger charge is -2.36. The van der Waals surface area contributed by atoms with Crippen LogP contribution < -0.4 is 5.69 Å². The number of amides is 1. The molecule has 4 rings (SSSR count). The van der Waals surface area contributed by atoms with E-state index < -0.39 is 0 Å². The zero-order valence-corrected chi connectivity index (χ0v) is 16.2. The van der Waals surface area contributed by atoms with Crippen molar-refractivity contribution in [2.24, 2.45) is 5.92 Å². The first-order valence-electron chi connectivity index (χ1n) is 10.1. The van der Waals surface area contributed by atoms with Gasteiger partial charge in [-0.2, -0.15) is 9.36 Å². The summed E-state index contributed by atoms with van der Waals surface area (Å²) in [5.41, 5.74) is 0.429. The van der Waals surface area contributed by atoms with Gasteiger partial charge in [0, 0.05) is 26.1 Å². The van der Waals surface area contributed by atoms with Crippen LogP contribution in [0.3, 0.4) is 0 Å². The SMILES string of the molecule is CO[C@@H]1CCC[C@H](C(=O)N2CCC[C@H](n3nnn(-c4ccccc4)c3=O)C2)C1. The second kappa shape index (κ2) is 8.26. The molecular weight excluding hydrogens is 358 g/mol. The first kappa shape index (κ1) is 18.9. The highest BCUT2D eigenvalue weighted by Crippen LogP contribution is 2.29. The molecule has 8 nitrogen and oxygen atoms in total. The molecule has 0 radical (unpaired) electrons. The van der Waals surface area contributed by atoms with E-state index in [1.54, 1.807) is 7.11 Å². The molecule has 8 heteroatoms. The van der Waals surface area contributed by atoms with Gasteiger partial charge in [0.1, 0.15) is 0 Å². The largest absolute Gasteiger partial charge is 0.381 e. The predicted molar refractivity (Wildman–Crippen MR) is 103 cm³/mol. The maximum Gasteiger partial charge on any atom is 0.368 e. The Hall–Kier alpha value is -2.48. The summed E-state index contributed by atoms with van der Waals surface area (Å²) in [5, 5.41) is 8.15. The maximum atomic E-state index is 13.0. The number of tetrazole rings is 1. The number of rotatable bonds is 4.